The zero-order valence-corrected chi connectivity index (χ0v) is 9.66. The molecule has 2 rings (SSSR count). The van der Waals surface area contributed by atoms with Gasteiger partial charge in [-0.05, 0) is 37.2 Å². The third-order valence-electron chi connectivity index (χ3n) is 2.65. The van der Waals surface area contributed by atoms with Gasteiger partial charge in [0.2, 0.25) is 0 Å². The molecule has 3 nitrogen and oxygen atoms in total. The molecule has 0 atom stereocenters. The van der Waals surface area contributed by atoms with Gasteiger partial charge in [-0.2, -0.15) is 0 Å². The molecule has 2 N–H and O–H groups in total. The summed E-state index contributed by atoms with van der Waals surface area (Å²) in [5.74, 6) is 0.873. The van der Waals surface area contributed by atoms with Gasteiger partial charge in [-0.25, -0.2) is 0 Å². The van der Waals surface area contributed by atoms with E-state index in [1.807, 2.05) is 25.1 Å². The van der Waals surface area contributed by atoms with Crippen LogP contribution in [0, 0.1) is 6.92 Å². The maximum atomic E-state index is 5.53. The quantitative estimate of drug-likeness (QED) is 0.854. The van der Waals surface area contributed by atoms with Crippen LogP contribution in [-0.4, -0.2) is 18.6 Å². The number of nitrogens with two attached hydrogens (primary N) is 1. The smallest absolute Gasteiger partial charge is 0.119 e. The largest absolute Gasteiger partial charge is 0.497 e. The molecule has 16 heavy (non-hydrogen) atoms. The van der Waals surface area contributed by atoms with E-state index in [0.717, 1.165) is 34.3 Å². The van der Waals surface area contributed by atoms with E-state index < -0.39 is 0 Å². The van der Waals surface area contributed by atoms with Crippen LogP contribution in [0.2, 0.25) is 0 Å². The van der Waals surface area contributed by atoms with Gasteiger partial charge in [0.15, 0.2) is 0 Å². The highest BCUT2D eigenvalue weighted by molar-refractivity contribution is 5.83. The lowest BCUT2D eigenvalue weighted by atomic mass is 10.1. The van der Waals surface area contributed by atoms with Gasteiger partial charge in [0.25, 0.3) is 0 Å². The van der Waals surface area contributed by atoms with Crippen molar-refractivity contribution in [3.05, 3.63) is 35.5 Å². The molecule has 0 radical (unpaired) electrons. The molecule has 1 heterocycles. The summed E-state index contributed by atoms with van der Waals surface area (Å²) in [5.41, 5.74) is 8.74. The summed E-state index contributed by atoms with van der Waals surface area (Å²) < 4.78 is 5.23. The van der Waals surface area contributed by atoms with E-state index in [1.165, 1.54) is 0 Å². The Bertz CT molecular complexity index is 509. The van der Waals surface area contributed by atoms with E-state index in [-0.39, 0.29) is 0 Å². The molecule has 0 spiro atoms. The highest BCUT2D eigenvalue weighted by atomic mass is 16.5. The van der Waals surface area contributed by atoms with Crippen LogP contribution < -0.4 is 10.5 Å². The number of nitrogens with zero attached hydrogens (tertiary/aromatic N) is 1. The van der Waals surface area contributed by atoms with Crippen molar-refractivity contribution in [2.75, 3.05) is 13.7 Å². The van der Waals surface area contributed by atoms with Crippen LogP contribution in [0.4, 0.5) is 0 Å². The van der Waals surface area contributed by atoms with Gasteiger partial charge in [-0.15, -0.1) is 0 Å². The zero-order valence-electron chi connectivity index (χ0n) is 9.66. The van der Waals surface area contributed by atoms with E-state index in [9.17, 15) is 0 Å². The second kappa shape index (κ2) is 4.49. The van der Waals surface area contributed by atoms with Gasteiger partial charge in [0.1, 0.15) is 5.75 Å². The van der Waals surface area contributed by atoms with Gasteiger partial charge >= 0.3 is 0 Å². The first-order valence-corrected chi connectivity index (χ1v) is 5.39. The topological polar surface area (TPSA) is 48.1 Å². The van der Waals surface area contributed by atoms with Crippen molar-refractivity contribution in [2.24, 2.45) is 5.73 Å². The maximum Gasteiger partial charge on any atom is 0.119 e. The average Bonchev–Trinajstić information content (AvgIpc) is 2.30. The lowest BCUT2D eigenvalue weighted by Crippen LogP contribution is -2.04. The van der Waals surface area contributed by atoms with Crippen LogP contribution >= 0.6 is 0 Å². The number of ether oxygens (including phenoxy) is 1. The van der Waals surface area contributed by atoms with Gasteiger partial charge in [-0.1, -0.05) is 6.07 Å². The lowest BCUT2D eigenvalue weighted by molar-refractivity contribution is 0.415. The SMILES string of the molecule is COc1cc(C)c2nc(CCN)ccc2c1. The third kappa shape index (κ3) is 1.99. The fraction of sp³-hybridized carbons (Fsp3) is 0.308. The summed E-state index contributed by atoms with van der Waals surface area (Å²) in [4.78, 5) is 4.60. The molecule has 0 fully saturated rings. The summed E-state index contributed by atoms with van der Waals surface area (Å²) in [7, 11) is 1.68. The molecular weight excluding hydrogens is 200 g/mol. The zero-order chi connectivity index (χ0) is 11.5. The number of fused-ring (bicyclic) bond motifs is 1. The first-order valence-electron chi connectivity index (χ1n) is 5.39. The van der Waals surface area contributed by atoms with Crippen molar-refractivity contribution in [3.63, 3.8) is 0 Å². The Morgan fingerprint density at radius 3 is 2.81 bits per heavy atom. The molecule has 1 aromatic carbocycles. The Morgan fingerprint density at radius 2 is 2.12 bits per heavy atom. The molecule has 0 aliphatic heterocycles. The Balaban J connectivity index is 2.56. The standard InChI is InChI=1S/C13H16N2O/c1-9-7-12(16-2)8-10-3-4-11(5-6-14)15-13(9)10/h3-4,7-8H,5-6,14H2,1-2H3. The van der Waals surface area contributed by atoms with Gasteiger partial charge in [-0.3, -0.25) is 4.98 Å². The van der Waals surface area contributed by atoms with Crippen LogP contribution in [0.25, 0.3) is 10.9 Å². The van der Waals surface area contributed by atoms with Crippen LogP contribution in [-0.2, 0) is 6.42 Å². The summed E-state index contributed by atoms with van der Waals surface area (Å²) >= 11 is 0. The highest BCUT2D eigenvalue weighted by Gasteiger charge is 2.03. The van der Waals surface area contributed by atoms with Gasteiger partial charge < -0.3 is 10.5 Å². The minimum absolute atomic E-state index is 0.633. The lowest BCUT2D eigenvalue weighted by Gasteiger charge is -2.07. The number of aryl methyl sites for hydroxylation is 1. The number of hydrogen-bond donors (Lipinski definition) is 1. The molecular formula is C13H16N2O. The van der Waals surface area contributed by atoms with E-state index in [4.69, 9.17) is 10.5 Å². The second-order valence-corrected chi connectivity index (χ2v) is 3.86. The Kier molecular flexibility index (Phi) is 3.06. The monoisotopic (exact) mass is 216 g/mol. The predicted octanol–water partition coefficient (Wildman–Crippen LogP) is 2.05. The molecule has 0 unspecified atom stereocenters. The number of rotatable bonds is 3. The Hall–Kier alpha value is -1.61. The van der Waals surface area contributed by atoms with Crippen LogP contribution in [0.3, 0.4) is 0 Å². The van der Waals surface area contributed by atoms with E-state index in [0.29, 0.717) is 6.54 Å². The minimum Gasteiger partial charge on any atom is -0.497 e. The maximum absolute atomic E-state index is 5.53. The molecule has 0 amide bonds. The van der Waals surface area contributed by atoms with Crippen molar-refractivity contribution < 1.29 is 4.74 Å². The number of hydrogen-bond acceptors (Lipinski definition) is 3. The third-order valence-corrected chi connectivity index (χ3v) is 2.65. The van der Waals surface area contributed by atoms with Crippen LogP contribution in [0.15, 0.2) is 24.3 Å². The van der Waals surface area contributed by atoms with Crippen molar-refractivity contribution in [1.82, 2.24) is 4.98 Å². The average molecular weight is 216 g/mol. The van der Waals surface area contributed by atoms with Crippen molar-refractivity contribution in [2.45, 2.75) is 13.3 Å². The van der Waals surface area contributed by atoms with Crippen molar-refractivity contribution >= 4 is 10.9 Å². The molecule has 2 aromatic rings. The molecule has 0 saturated heterocycles. The molecule has 3 heteroatoms. The van der Waals surface area contributed by atoms with E-state index in [1.54, 1.807) is 7.11 Å². The van der Waals surface area contributed by atoms with Crippen LogP contribution in [0.5, 0.6) is 5.75 Å². The summed E-state index contributed by atoms with van der Waals surface area (Å²) in [6, 6.07) is 8.10. The number of methoxy groups -OCH3 is 1. The Labute approximate surface area is 95.2 Å². The molecule has 0 aliphatic carbocycles. The van der Waals surface area contributed by atoms with Crippen molar-refractivity contribution in [1.29, 1.82) is 0 Å². The molecule has 84 valence electrons. The number of pyridine rings is 1. The van der Waals surface area contributed by atoms with Gasteiger partial charge in [0.05, 0.1) is 12.6 Å². The van der Waals surface area contributed by atoms with Crippen molar-refractivity contribution in [3.8, 4) is 5.75 Å². The first kappa shape index (κ1) is 10.9. The molecule has 1 aromatic heterocycles. The fourth-order valence-electron chi connectivity index (χ4n) is 1.82. The minimum atomic E-state index is 0.633. The molecule has 0 saturated carbocycles. The van der Waals surface area contributed by atoms with Crippen LogP contribution in [0.1, 0.15) is 11.3 Å². The summed E-state index contributed by atoms with van der Waals surface area (Å²) in [5, 5.41) is 1.11. The second-order valence-electron chi connectivity index (χ2n) is 3.86. The van der Waals surface area contributed by atoms with E-state index >= 15 is 0 Å². The summed E-state index contributed by atoms with van der Waals surface area (Å²) in [6.07, 6.45) is 0.821. The fourth-order valence-corrected chi connectivity index (χ4v) is 1.82. The summed E-state index contributed by atoms with van der Waals surface area (Å²) in [6.45, 7) is 2.68. The predicted molar refractivity (Wildman–Crippen MR) is 65.8 cm³/mol. The Morgan fingerprint density at radius 1 is 1.31 bits per heavy atom. The highest BCUT2D eigenvalue weighted by Crippen LogP contribution is 2.23. The number of benzene rings is 1. The van der Waals surface area contributed by atoms with E-state index in [2.05, 4.69) is 11.1 Å². The first-order chi connectivity index (χ1) is 7.74. The number of aromatic nitrogens is 1. The molecule has 0 aliphatic rings. The molecule has 0 bridgehead atoms. The normalized spacial score (nSPS) is 10.7. The van der Waals surface area contributed by atoms with Gasteiger partial charge in [0, 0.05) is 17.5 Å².